The Morgan fingerprint density at radius 1 is 0.900 bits per heavy atom. The number of aliphatic hydroxyl groups is 1. The summed E-state index contributed by atoms with van der Waals surface area (Å²) in [4.78, 5) is 28.7. The zero-order valence-corrected chi connectivity index (χ0v) is 16.6. The van der Waals surface area contributed by atoms with Crippen LogP contribution in [0.15, 0.2) is 85.1 Å². The van der Waals surface area contributed by atoms with Gasteiger partial charge in [0.25, 0.3) is 5.91 Å². The Kier molecular flexibility index (Phi) is 7.83. The molecule has 2 atom stereocenters. The van der Waals surface area contributed by atoms with E-state index in [1.54, 1.807) is 36.5 Å². The number of amides is 1. The lowest BCUT2D eigenvalue weighted by atomic mass is 10.0. The fourth-order valence-electron chi connectivity index (χ4n) is 3.09. The standard InChI is InChI=1S/C24H25N3O3/c28-22(19-11-5-2-6-12-19)16-26-21(15-18-9-3-1-4-10-18)23(29)17-27-24(30)20-13-7-8-14-25-20/h1-14,21,23,26,29H,15-17H2,(H,27,30)/t21-,23-/m0/s1. The number of benzene rings is 2. The van der Waals surface area contributed by atoms with Crippen molar-refractivity contribution in [1.29, 1.82) is 0 Å². The van der Waals surface area contributed by atoms with Gasteiger partial charge in [-0.05, 0) is 24.1 Å². The van der Waals surface area contributed by atoms with E-state index in [4.69, 9.17) is 0 Å². The average molecular weight is 403 g/mol. The summed E-state index contributed by atoms with van der Waals surface area (Å²) in [5.74, 6) is -0.410. The molecule has 0 saturated carbocycles. The number of hydrogen-bond acceptors (Lipinski definition) is 5. The van der Waals surface area contributed by atoms with E-state index in [1.165, 1.54) is 0 Å². The van der Waals surface area contributed by atoms with Crippen molar-refractivity contribution < 1.29 is 14.7 Å². The van der Waals surface area contributed by atoms with Crippen LogP contribution in [0, 0.1) is 0 Å². The van der Waals surface area contributed by atoms with Crippen molar-refractivity contribution in [1.82, 2.24) is 15.6 Å². The molecular formula is C24H25N3O3. The van der Waals surface area contributed by atoms with Gasteiger partial charge in [0.15, 0.2) is 5.78 Å². The van der Waals surface area contributed by atoms with Gasteiger partial charge in [0.2, 0.25) is 0 Å². The van der Waals surface area contributed by atoms with Gasteiger partial charge in [0, 0.05) is 24.3 Å². The fraction of sp³-hybridized carbons (Fsp3) is 0.208. The number of nitrogens with one attached hydrogen (secondary N) is 2. The maximum absolute atomic E-state index is 12.5. The molecule has 0 fully saturated rings. The molecular weight excluding hydrogens is 378 g/mol. The van der Waals surface area contributed by atoms with E-state index in [9.17, 15) is 14.7 Å². The van der Waals surface area contributed by atoms with Gasteiger partial charge in [-0.15, -0.1) is 0 Å². The van der Waals surface area contributed by atoms with Crippen LogP contribution >= 0.6 is 0 Å². The minimum atomic E-state index is -0.888. The van der Waals surface area contributed by atoms with Crippen molar-refractivity contribution in [3.8, 4) is 0 Å². The van der Waals surface area contributed by atoms with E-state index >= 15 is 0 Å². The minimum Gasteiger partial charge on any atom is -0.390 e. The third-order valence-corrected chi connectivity index (χ3v) is 4.75. The normalized spacial score (nSPS) is 12.7. The number of aromatic nitrogens is 1. The topological polar surface area (TPSA) is 91.3 Å². The molecule has 3 N–H and O–H groups in total. The Morgan fingerprint density at radius 3 is 2.23 bits per heavy atom. The molecule has 0 bridgehead atoms. The van der Waals surface area contributed by atoms with Gasteiger partial charge in [-0.3, -0.25) is 14.6 Å². The molecule has 154 valence electrons. The first-order valence-corrected chi connectivity index (χ1v) is 9.86. The van der Waals surface area contributed by atoms with Crippen LogP contribution in [0.3, 0.4) is 0 Å². The minimum absolute atomic E-state index is 0.0411. The number of carbonyl (C=O) groups is 2. The third kappa shape index (κ3) is 6.34. The Balaban J connectivity index is 1.62. The van der Waals surface area contributed by atoms with Gasteiger partial charge in [-0.2, -0.15) is 0 Å². The number of Topliss-reactive ketones (excluding diaryl/α,β-unsaturated/α-hetero) is 1. The summed E-state index contributed by atoms with van der Waals surface area (Å²) < 4.78 is 0. The summed E-state index contributed by atoms with van der Waals surface area (Å²) in [6.45, 7) is 0.131. The second kappa shape index (κ2) is 11.0. The Labute approximate surface area is 176 Å². The van der Waals surface area contributed by atoms with E-state index in [2.05, 4.69) is 15.6 Å². The Morgan fingerprint density at radius 2 is 1.57 bits per heavy atom. The predicted octanol–water partition coefficient (Wildman–Crippen LogP) is 2.26. The molecule has 0 aliphatic carbocycles. The van der Waals surface area contributed by atoms with Crippen LogP contribution < -0.4 is 10.6 Å². The molecule has 6 heteroatoms. The summed E-state index contributed by atoms with van der Waals surface area (Å²) in [7, 11) is 0. The average Bonchev–Trinajstić information content (AvgIpc) is 2.81. The number of aliphatic hydroxyl groups excluding tert-OH is 1. The van der Waals surface area contributed by atoms with Gasteiger partial charge in [0.05, 0.1) is 12.6 Å². The van der Waals surface area contributed by atoms with Crippen LogP contribution in [0.1, 0.15) is 26.4 Å². The number of rotatable bonds is 10. The number of hydrogen-bond donors (Lipinski definition) is 3. The van der Waals surface area contributed by atoms with Crippen LogP contribution in [-0.2, 0) is 6.42 Å². The highest BCUT2D eigenvalue weighted by atomic mass is 16.3. The highest BCUT2D eigenvalue weighted by Crippen LogP contribution is 2.08. The van der Waals surface area contributed by atoms with Crippen molar-refractivity contribution in [2.45, 2.75) is 18.6 Å². The molecule has 1 heterocycles. The second-order valence-corrected chi connectivity index (χ2v) is 6.96. The molecule has 0 spiro atoms. The van der Waals surface area contributed by atoms with Crippen molar-refractivity contribution in [3.63, 3.8) is 0 Å². The number of nitrogens with zero attached hydrogens (tertiary/aromatic N) is 1. The molecule has 30 heavy (non-hydrogen) atoms. The Bertz CT molecular complexity index is 934. The fourth-order valence-corrected chi connectivity index (χ4v) is 3.09. The van der Waals surface area contributed by atoms with E-state index < -0.39 is 12.1 Å². The van der Waals surface area contributed by atoms with Gasteiger partial charge in [-0.25, -0.2) is 0 Å². The molecule has 0 radical (unpaired) electrons. The Hall–Kier alpha value is -3.35. The molecule has 1 amide bonds. The molecule has 2 aromatic carbocycles. The lowest BCUT2D eigenvalue weighted by molar-refractivity contribution is 0.0853. The molecule has 3 rings (SSSR count). The summed E-state index contributed by atoms with van der Waals surface area (Å²) >= 11 is 0. The first kappa shape index (κ1) is 21.4. The summed E-state index contributed by atoms with van der Waals surface area (Å²) in [5.41, 5.74) is 1.93. The lowest BCUT2D eigenvalue weighted by Gasteiger charge is -2.24. The smallest absolute Gasteiger partial charge is 0.269 e. The first-order valence-electron chi connectivity index (χ1n) is 9.86. The molecule has 1 aromatic heterocycles. The molecule has 3 aromatic rings. The van der Waals surface area contributed by atoms with Crippen LogP contribution in [0.5, 0.6) is 0 Å². The van der Waals surface area contributed by atoms with Crippen LogP contribution in [0.2, 0.25) is 0 Å². The van der Waals surface area contributed by atoms with Gasteiger partial charge in [0.1, 0.15) is 5.69 Å². The largest absolute Gasteiger partial charge is 0.390 e. The highest BCUT2D eigenvalue weighted by Gasteiger charge is 2.21. The first-order chi connectivity index (χ1) is 14.6. The van der Waals surface area contributed by atoms with Gasteiger partial charge in [-0.1, -0.05) is 66.7 Å². The van der Waals surface area contributed by atoms with Crippen molar-refractivity contribution >= 4 is 11.7 Å². The molecule has 6 nitrogen and oxygen atoms in total. The third-order valence-electron chi connectivity index (χ3n) is 4.75. The number of pyridine rings is 1. The SMILES string of the molecule is O=C(CN[C@@H](Cc1ccccc1)[C@@H](O)CNC(=O)c1ccccn1)c1ccccc1. The van der Waals surface area contributed by atoms with Crippen LogP contribution in [0.25, 0.3) is 0 Å². The molecule has 0 aliphatic rings. The molecule has 0 saturated heterocycles. The zero-order chi connectivity index (χ0) is 21.2. The van der Waals surface area contributed by atoms with Crippen LogP contribution in [-0.4, -0.2) is 47.0 Å². The van der Waals surface area contributed by atoms with Crippen LogP contribution in [0.4, 0.5) is 0 Å². The second-order valence-electron chi connectivity index (χ2n) is 6.96. The monoisotopic (exact) mass is 403 g/mol. The summed E-state index contributed by atoms with van der Waals surface area (Å²) in [6, 6.07) is 23.4. The van der Waals surface area contributed by atoms with E-state index in [1.807, 2.05) is 48.5 Å². The highest BCUT2D eigenvalue weighted by molar-refractivity contribution is 5.97. The van der Waals surface area contributed by atoms with Gasteiger partial charge < -0.3 is 15.7 Å². The van der Waals surface area contributed by atoms with Crippen molar-refractivity contribution in [2.24, 2.45) is 0 Å². The van der Waals surface area contributed by atoms with Crippen molar-refractivity contribution in [3.05, 3.63) is 102 Å². The molecule has 0 aliphatic heterocycles. The lowest BCUT2D eigenvalue weighted by Crippen LogP contribution is -2.48. The van der Waals surface area contributed by atoms with Crippen molar-refractivity contribution in [2.75, 3.05) is 13.1 Å². The van der Waals surface area contributed by atoms with Gasteiger partial charge >= 0.3 is 0 Å². The zero-order valence-electron chi connectivity index (χ0n) is 16.6. The number of carbonyl (C=O) groups excluding carboxylic acids is 2. The summed E-state index contributed by atoms with van der Waals surface area (Å²) in [6.07, 6.45) is 1.17. The quantitative estimate of drug-likeness (QED) is 0.452. The predicted molar refractivity (Wildman–Crippen MR) is 115 cm³/mol. The maximum Gasteiger partial charge on any atom is 0.269 e. The maximum atomic E-state index is 12.5. The van der Waals surface area contributed by atoms with E-state index in [0.717, 1.165) is 5.56 Å². The molecule has 0 unspecified atom stereocenters. The van der Waals surface area contributed by atoms with E-state index in [0.29, 0.717) is 12.0 Å². The number of ketones is 1. The summed E-state index contributed by atoms with van der Waals surface area (Å²) in [5, 5.41) is 16.6. The van der Waals surface area contributed by atoms with E-state index in [-0.39, 0.29) is 30.5 Å².